The van der Waals surface area contributed by atoms with Crippen molar-refractivity contribution in [3.8, 4) is 0 Å². The molecule has 0 aliphatic rings. The van der Waals surface area contributed by atoms with Gasteiger partial charge < -0.3 is 15.0 Å². The van der Waals surface area contributed by atoms with Crippen LogP contribution in [0.2, 0.25) is 0 Å². The lowest BCUT2D eigenvalue weighted by Crippen LogP contribution is -2.28. The Labute approximate surface area is 110 Å². The molecule has 0 fully saturated rings. The molecule has 5 heteroatoms. The van der Waals surface area contributed by atoms with Crippen molar-refractivity contribution in [2.45, 2.75) is 12.5 Å². The number of ether oxygens (including phenoxy) is 1. The number of hydrogen-bond donors (Lipinski definition) is 1. The number of nitrogens with two attached hydrogens (primary N) is 1. The first-order chi connectivity index (χ1) is 7.43. The van der Waals surface area contributed by atoms with Gasteiger partial charge in [-0.15, -0.1) is 12.4 Å². The van der Waals surface area contributed by atoms with Crippen molar-refractivity contribution in [3.63, 3.8) is 0 Å². The summed E-state index contributed by atoms with van der Waals surface area (Å²) in [6.45, 7) is 4.11. The highest BCUT2D eigenvalue weighted by Crippen LogP contribution is 2.34. The van der Waals surface area contributed by atoms with Gasteiger partial charge in [0.2, 0.25) is 0 Å². The zero-order valence-corrected chi connectivity index (χ0v) is 12.3. The molecule has 0 saturated carbocycles. The Bertz CT molecular complexity index is 375. The maximum Gasteiger partial charge on any atom is 0.109 e. The quantitative estimate of drug-likeness (QED) is 0.836. The summed E-state index contributed by atoms with van der Waals surface area (Å²) in [5.74, 6) is 0. The molecule has 0 radical (unpaired) electrons. The number of halogens is 1. The van der Waals surface area contributed by atoms with Gasteiger partial charge in [0.15, 0.2) is 0 Å². The van der Waals surface area contributed by atoms with E-state index in [0.29, 0.717) is 6.61 Å². The van der Waals surface area contributed by atoms with E-state index in [4.69, 9.17) is 10.5 Å². The normalized spacial score (nSPS) is 12.9. The molecule has 1 atom stereocenters. The summed E-state index contributed by atoms with van der Waals surface area (Å²) in [5, 5.41) is 0.913. The first kappa shape index (κ1) is 16.7. The largest absolute Gasteiger partial charge is 0.383 e. The van der Waals surface area contributed by atoms with E-state index >= 15 is 0 Å². The molecule has 0 amide bonds. The minimum Gasteiger partial charge on any atom is -0.383 e. The summed E-state index contributed by atoms with van der Waals surface area (Å²) in [6, 6.07) is 7.85. The average molecular weight is 278 g/mol. The lowest BCUT2D eigenvalue weighted by Gasteiger charge is -2.11. The Morgan fingerprint density at radius 1 is 1.29 bits per heavy atom. The molecule has 0 heterocycles. The van der Waals surface area contributed by atoms with Crippen LogP contribution in [0.4, 0.5) is 0 Å². The van der Waals surface area contributed by atoms with Crippen molar-refractivity contribution in [1.82, 2.24) is 0 Å². The van der Waals surface area contributed by atoms with Crippen molar-refractivity contribution in [2.24, 2.45) is 5.73 Å². The third-order valence-corrected chi connectivity index (χ3v) is 3.98. The summed E-state index contributed by atoms with van der Waals surface area (Å²) < 4.78 is 16.8. The van der Waals surface area contributed by atoms with Gasteiger partial charge in [0.25, 0.3) is 0 Å². The summed E-state index contributed by atoms with van der Waals surface area (Å²) in [6.07, 6.45) is 0.784. The predicted molar refractivity (Wildman–Crippen MR) is 76.3 cm³/mol. The SMILES string of the molecule is COCC(N)Cc1ccc(P(C)(C)=O)cc1.Cl. The summed E-state index contributed by atoms with van der Waals surface area (Å²) in [5.41, 5.74) is 7.01. The predicted octanol–water partition coefficient (Wildman–Crippen LogP) is 1.87. The molecule has 98 valence electrons. The highest BCUT2D eigenvalue weighted by molar-refractivity contribution is 7.70. The highest BCUT2D eigenvalue weighted by Gasteiger charge is 2.10. The molecular formula is C12H21ClNO2P. The van der Waals surface area contributed by atoms with Gasteiger partial charge >= 0.3 is 0 Å². The first-order valence-corrected chi connectivity index (χ1v) is 7.92. The van der Waals surface area contributed by atoms with E-state index in [1.165, 1.54) is 0 Å². The van der Waals surface area contributed by atoms with Crippen LogP contribution in [0.1, 0.15) is 5.56 Å². The highest BCUT2D eigenvalue weighted by atomic mass is 35.5. The fraction of sp³-hybridized carbons (Fsp3) is 0.500. The fourth-order valence-electron chi connectivity index (χ4n) is 1.57. The minimum absolute atomic E-state index is 0. The van der Waals surface area contributed by atoms with Crippen molar-refractivity contribution < 1.29 is 9.30 Å². The van der Waals surface area contributed by atoms with Crippen LogP contribution < -0.4 is 11.0 Å². The molecule has 17 heavy (non-hydrogen) atoms. The Hall–Kier alpha value is -0.340. The molecule has 0 spiro atoms. The van der Waals surface area contributed by atoms with E-state index in [-0.39, 0.29) is 18.4 Å². The Morgan fingerprint density at radius 3 is 2.24 bits per heavy atom. The minimum atomic E-state index is -2.14. The molecule has 1 rings (SSSR count). The average Bonchev–Trinajstić information content (AvgIpc) is 2.17. The molecule has 0 aliphatic heterocycles. The Morgan fingerprint density at radius 2 is 1.82 bits per heavy atom. The van der Waals surface area contributed by atoms with E-state index in [1.54, 1.807) is 20.4 Å². The Balaban J connectivity index is 0.00000256. The lowest BCUT2D eigenvalue weighted by molar-refractivity contribution is 0.180. The van der Waals surface area contributed by atoms with Crippen LogP contribution in [0.25, 0.3) is 0 Å². The second-order valence-corrected chi connectivity index (χ2v) is 7.65. The molecule has 0 aromatic heterocycles. The second-order valence-electron chi connectivity index (χ2n) is 4.44. The molecule has 0 aliphatic carbocycles. The molecule has 3 nitrogen and oxygen atoms in total. The molecule has 1 aromatic rings. The standard InChI is InChI=1S/C12H20NO2P.ClH/c1-15-9-11(13)8-10-4-6-12(7-5-10)16(2,3)14;/h4-7,11H,8-9,13H2,1-3H3;1H. The van der Waals surface area contributed by atoms with Gasteiger partial charge in [-0.05, 0) is 25.3 Å². The molecule has 0 bridgehead atoms. The zero-order chi connectivity index (χ0) is 12.2. The summed E-state index contributed by atoms with van der Waals surface area (Å²) in [4.78, 5) is 0. The van der Waals surface area contributed by atoms with Crippen LogP contribution in [0, 0.1) is 0 Å². The van der Waals surface area contributed by atoms with Crippen LogP contribution in [0.5, 0.6) is 0 Å². The number of benzene rings is 1. The van der Waals surface area contributed by atoms with Crippen molar-refractivity contribution in [3.05, 3.63) is 29.8 Å². The monoisotopic (exact) mass is 277 g/mol. The maximum absolute atomic E-state index is 11.8. The second kappa shape index (κ2) is 7.17. The van der Waals surface area contributed by atoms with Crippen LogP contribution in [-0.4, -0.2) is 33.1 Å². The van der Waals surface area contributed by atoms with E-state index in [1.807, 2.05) is 24.3 Å². The van der Waals surface area contributed by atoms with Gasteiger partial charge in [-0.25, -0.2) is 0 Å². The van der Waals surface area contributed by atoms with Crippen LogP contribution in [0.15, 0.2) is 24.3 Å². The smallest absolute Gasteiger partial charge is 0.109 e. The third-order valence-electron chi connectivity index (χ3n) is 2.44. The van der Waals surface area contributed by atoms with E-state index in [9.17, 15) is 4.57 Å². The fourth-order valence-corrected chi connectivity index (χ4v) is 2.43. The van der Waals surface area contributed by atoms with Crippen molar-refractivity contribution in [2.75, 3.05) is 27.0 Å². The number of methoxy groups -OCH3 is 1. The topological polar surface area (TPSA) is 52.3 Å². The molecule has 1 unspecified atom stereocenters. The molecule has 2 N–H and O–H groups in total. The van der Waals surface area contributed by atoms with Gasteiger partial charge in [0, 0.05) is 18.5 Å². The molecular weight excluding hydrogens is 257 g/mol. The lowest BCUT2D eigenvalue weighted by atomic mass is 10.1. The Kier molecular flexibility index (Phi) is 7.03. The zero-order valence-electron chi connectivity index (χ0n) is 10.6. The first-order valence-electron chi connectivity index (χ1n) is 5.32. The van der Waals surface area contributed by atoms with E-state index in [2.05, 4.69) is 0 Å². The van der Waals surface area contributed by atoms with Gasteiger partial charge in [0.05, 0.1) is 6.61 Å². The third kappa shape index (κ3) is 5.69. The van der Waals surface area contributed by atoms with Gasteiger partial charge in [-0.1, -0.05) is 24.3 Å². The van der Waals surface area contributed by atoms with Crippen LogP contribution in [-0.2, 0) is 15.7 Å². The van der Waals surface area contributed by atoms with Gasteiger partial charge in [0.1, 0.15) is 7.14 Å². The van der Waals surface area contributed by atoms with Crippen LogP contribution in [0.3, 0.4) is 0 Å². The number of rotatable bonds is 5. The maximum atomic E-state index is 11.8. The van der Waals surface area contributed by atoms with E-state index in [0.717, 1.165) is 17.3 Å². The number of hydrogen-bond acceptors (Lipinski definition) is 3. The van der Waals surface area contributed by atoms with Crippen molar-refractivity contribution in [1.29, 1.82) is 0 Å². The van der Waals surface area contributed by atoms with Gasteiger partial charge in [-0.3, -0.25) is 0 Å². The molecule has 1 aromatic carbocycles. The molecule has 0 saturated heterocycles. The van der Waals surface area contributed by atoms with E-state index < -0.39 is 7.14 Å². The van der Waals surface area contributed by atoms with Crippen molar-refractivity contribution >= 4 is 24.9 Å². The van der Waals surface area contributed by atoms with Crippen LogP contribution >= 0.6 is 19.5 Å². The summed E-state index contributed by atoms with van der Waals surface area (Å²) in [7, 11) is -0.495. The summed E-state index contributed by atoms with van der Waals surface area (Å²) >= 11 is 0. The van der Waals surface area contributed by atoms with Gasteiger partial charge in [-0.2, -0.15) is 0 Å².